The molecule has 2 aliphatic rings. The molecular formula is C10H18N2OS. The zero-order valence-corrected chi connectivity index (χ0v) is 9.64. The Kier molecular flexibility index (Phi) is 3.34. The maximum atomic E-state index is 5.38. The molecule has 0 spiro atoms. The Hall–Kier alpha value is -0.220. The fourth-order valence-electron chi connectivity index (χ4n) is 1.82. The van der Waals surface area contributed by atoms with Crippen molar-refractivity contribution in [1.29, 1.82) is 0 Å². The van der Waals surface area contributed by atoms with Gasteiger partial charge in [-0.3, -0.25) is 4.99 Å². The summed E-state index contributed by atoms with van der Waals surface area (Å²) in [7, 11) is 0. The van der Waals surface area contributed by atoms with Gasteiger partial charge in [0.15, 0.2) is 5.17 Å². The highest BCUT2D eigenvalue weighted by atomic mass is 32.2. The summed E-state index contributed by atoms with van der Waals surface area (Å²) in [4.78, 5) is 4.46. The molecule has 3 nitrogen and oxygen atoms in total. The van der Waals surface area contributed by atoms with Crippen molar-refractivity contribution in [1.82, 2.24) is 5.32 Å². The van der Waals surface area contributed by atoms with E-state index in [0.29, 0.717) is 17.2 Å². The van der Waals surface area contributed by atoms with Crippen LogP contribution in [-0.2, 0) is 4.74 Å². The van der Waals surface area contributed by atoms with Gasteiger partial charge < -0.3 is 10.1 Å². The van der Waals surface area contributed by atoms with Gasteiger partial charge in [0.2, 0.25) is 0 Å². The topological polar surface area (TPSA) is 33.6 Å². The van der Waals surface area contributed by atoms with E-state index >= 15 is 0 Å². The molecular weight excluding hydrogens is 196 g/mol. The van der Waals surface area contributed by atoms with E-state index in [4.69, 9.17) is 4.74 Å². The Morgan fingerprint density at radius 3 is 3.07 bits per heavy atom. The first kappa shape index (κ1) is 10.3. The molecule has 1 saturated heterocycles. The summed E-state index contributed by atoms with van der Waals surface area (Å²) in [5, 5.41) is 5.25. The smallest absolute Gasteiger partial charge is 0.157 e. The first-order valence-corrected chi connectivity index (χ1v) is 6.19. The van der Waals surface area contributed by atoms with Gasteiger partial charge in [0, 0.05) is 23.8 Å². The maximum Gasteiger partial charge on any atom is 0.157 e. The van der Waals surface area contributed by atoms with Crippen molar-refractivity contribution in [3.05, 3.63) is 0 Å². The number of rotatable bonds is 2. The first-order chi connectivity index (χ1) is 6.75. The molecule has 0 amide bonds. The number of nitrogens with zero attached hydrogens (tertiary/aromatic N) is 1. The molecule has 0 aromatic rings. The molecule has 1 fully saturated rings. The van der Waals surface area contributed by atoms with Crippen LogP contribution in [0.25, 0.3) is 0 Å². The average molecular weight is 214 g/mol. The summed E-state index contributed by atoms with van der Waals surface area (Å²) in [6, 6.07) is 0.494. The van der Waals surface area contributed by atoms with E-state index in [0.717, 1.165) is 24.9 Å². The number of aliphatic imine (C=N–C) groups is 1. The number of hydrogen-bond donors (Lipinski definition) is 1. The Bertz CT molecular complexity index is 226. The lowest BCUT2D eigenvalue weighted by Gasteiger charge is -2.19. The third-order valence-corrected chi connectivity index (χ3v) is 3.85. The van der Waals surface area contributed by atoms with Crippen molar-refractivity contribution >= 4 is 16.9 Å². The molecule has 2 aliphatic heterocycles. The molecule has 80 valence electrons. The molecule has 14 heavy (non-hydrogen) atoms. The van der Waals surface area contributed by atoms with E-state index in [9.17, 15) is 0 Å². The van der Waals surface area contributed by atoms with Crippen LogP contribution in [0, 0.1) is 5.92 Å². The van der Waals surface area contributed by atoms with Crippen LogP contribution in [0.2, 0.25) is 0 Å². The maximum absolute atomic E-state index is 5.38. The van der Waals surface area contributed by atoms with Crippen LogP contribution >= 0.6 is 11.8 Å². The normalized spacial score (nSPS) is 34.3. The monoisotopic (exact) mass is 214 g/mol. The molecule has 3 atom stereocenters. The summed E-state index contributed by atoms with van der Waals surface area (Å²) < 4.78 is 5.38. The summed E-state index contributed by atoms with van der Waals surface area (Å²) >= 11 is 1.85. The highest BCUT2D eigenvalue weighted by molar-refractivity contribution is 8.14. The van der Waals surface area contributed by atoms with E-state index in [1.165, 1.54) is 6.42 Å². The Morgan fingerprint density at radius 2 is 2.50 bits per heavy atom. The summed E-state index contributed by atoms with van der Waals surface area (Å²) in [5.41, 5.74) is 0. The highest BCUT2D eigenvalue weighted by Gasteiger charge is 2.24. The zero-order chi connectivity index (χ0) is 9.97. The Labute approximate surface area is 89.7 Å². The van der Waals surface area contributed by atoms with Gasteiger partial charge in [-0.2, -0.15) is 0 Å². The van der Waals surface area contributed by atoms with E-state index < -0.39 is 0 Å². The second-order valence-corrected chi connectivity index (χ2v) is 5.56. The van der Waals surface area contributed by atoms with Gasteiger partial charge in [0.05, 0.1) is 13.2 Å². The van der Waals surface area contributed by atoms with Crippen LogP contribution in [0.1, 0.15) is 20.3 Å². The first-order valence-electron chi connectivity index (χ1n) is 5.31. The van der Waals surface area contributed by atoms with Crippen LogP contribution in [0.5, 0.6) is 0 Å². The van der Waals surface area contributed by atoms with Crippen LogP contribution in [0.15, 0.2) is 4.99 Å². The Morgan fingerprint density at radius 1 is 1.64 bits per heavy atom. The molecule has 4 heteroatoms. The second-order valence-electron chi connectivity index (χ2n) is 4.13. The predicted octanol–water partition coefficient (Wildman–Crippen LogP) is 1.49. The van der Waals surface area contributed by atoms with Gasteiger partial charge in [-0.1, -0.05) is 18.7 Å². The van der Waals surface area contributed by atoms with Gasteiger partial charge >= 0.3 is 0 Å². The van der Waals surface area contributed by atoms with Gasteiger partial charge in [0.1, 0.15) is 0 Å². The number of amidine groups is 1. The SMILES string of the molecule is CC1CN=C(NC(C)C2CCOC2)S1. The van der Waals surface area contributed by atoms with E-state index in [2.05, 4.69) is 24.2 Å². The van der Waals surface area contributed by atoms with Crippen LogP contribution in [-0.4, -0.2) is 36.2 Å². The minimum atomic E-state index is 0.494. The van der Waals surface area contributed by atoms with Crippen LogP contribution in [0.4, 0.5) is 0 Å². The number of thioether (sulfide) groups is 1. The molecule has 0 aliphatic carbocycles. The van der Waals surface area contributed by atoms with Crippen molar-refractivity contribution in [3.8, 4) is 0 Å². The fourth-order valence-corrected chi connectivity index (χ4v) is 2.75. The minimum absolute atomic E-state index is 0.494. The largest absolute Gasteiger partial charge is 0.381 e. The molecule has 0 radical (unpaired) electrons. The third-order valence-electron chi connectivity index (χ3n) is 2.83. The third kappa shape index (κ3) is 2.42. The molecule has 2 rings (SSSR count). The zero-order valence-electron chi connectivity index (χ0n) is 8.82. The lowest BCUT2D eigenvalue weighted by Crippen LogP contribution is -2.36. The number of hydrogen-bond acceptors (Lipinski definition) is 4. The second kappa shape index (κ2) is 4.53. The van der Waals surface area contributed by atoms with Gasteiger partial charge in [-0.25, -0.2) is 0 Å². The summed E-state index contributed by atoms with van der Waals surface area (Å²) in [5.74, 6) is 0.661. The minimum Gasteiger partial charge on any atom is -0.381 e. The van der Waals surface area contributed by atoms with Gasteiger partial charge in [-0.05, 0) is 13.3 Å². The van der Waals surface area contributed by atoms with Gasteiger partial charge in [-0.15, -0.1) is 0 Å². The van der Waals surface area contributed by atoms with Gasteiger partial charge in [0.25, 0.3) is 0 Å². The van der Waals surface area contributed by atoms with Crippen molar-refractivity contribution in [2.24, 2.45) is 10.9 Å². The molecule has 0 aromatic heterocycles. The average Bonchev–Trinajstić information content (AvgIpc) is 2.75. The lowest BCUT2D eigenvalue weighted by atomic mass is 10.0. The molecule has 1 N–H and O–H groups in total. The van der Waals surface area contributed by atoms with Crippen LogP contribution < -0.4 is 5.32 Å². The molecule has 2 heterocycles. The van der Waals surface area contributed by atoms with E-state index in [1.54, 1.807) is 0 Å². The fraction of sp³-hybridized carbons (Fsp3) is 0.900. The summed E-state index contributed by atoms with van der Waals surface area (Å²) in [6.45, 7) is 7.23. The van der Waals surface area contributed by atoms with Crippen molar-refractivity contribution in [2.45, 2.75) is 31.6 Å². The number of ether oxygens (including phenoxy) is 1. The van der Waals surface area contributed by atoms with Crippen molar-refractivity contribution in [2.75, 3.05) is 19.8 Å². The molecule has 0 saturated carbocycles. The standard InChI is InChI=1S/C10H18N2OS/c1-7-5-11-10(14-7)12-8(2)9-3-4-13-6-9/h7-9H,3-6H2,1-2H3,(H,11,12). The predicted molar refractivity (Wildman–Crippen MR) is 60.9 cm³/mol. The molecule has 3 unspecified atom stereocenters. The van der Waals surface area contributed by atoms with Crippen molar-refractivity contribution in [3.63, 3.8) is 0 Å². The highest BCUT2D eigenvalue weighted by Crippen LogP contribution is 2.21. The Balaban J connectivity index is 1.79. The van der Waals surface area contributed by atoms with Crippen molar-refractivity contribution < 1.29 is 4.74 Å². The molecule has 0 aromatic carbocycles. The van der Waals surface area contributed by atoms with Crippen LogP contribution in [0.3, 0.4) is 0 Å². The molecule has 0 bridgehead atoms. The lowest BCUT2D eigenvalue weighted by molar-refractivity contribution is 0.180. The van der Waals surface area contributed by atoms with E-state index in [-0.39, 0.29) is 0 Å². The summed E-state index contributed by atoms with van der Waals surface area (Å²) in [6.07, 6.45) is 1.18. The quantitative estimate of drug-likeness (QED) is 0.756. The number of nitrogens with one attached hydrogen (secondary N) is 1. The van der Waals surface area contributed by atoms with E-state index in [1.807, 2.05) is 11.8 Å².